The number of fused-ring (bicyclic) bond motifs is 2. The fraction of sp³-hybridized carbons (Fsp3) is 0.750. The van der Waals surface area contributed by atoms with Crippen molar-refractivity contribution >= 4 is 5.97 Å². The first-order valence-corrected chi connectivity index (χ1v) is 5.81. The number of hydrogen-bond donors (Lipinski definition) is 2. The van der Waals surface area contributed by atoms with Gasteiger partial charge in [-0.3, -0.25) is 4.79 Å². The van der Waals surface area contributed by atoms with Crippen LogP contribution in [0.25, 0.3) is 0 Å². The van der Waals surface area contributed by atoms with Crippen LogP contribution in [0.15, 0.2) is 12.2 Å². The van der Waals surface area contributed by atoms with E-state index in [0.29, 0.717) is 11.8 Å². The summed E-state index contributed by atoms with van der Waals surface area (Å²) in [6, 6.07) is 0.206. The van der Waals surface area contributed by atoms with Crippen LogP contribution in [0.4, 0.5) is 0 Å². The largest absolute Gasteiger partial charge is 0.481 e. The van der Waals surface area contributed by atoms with E-state index in [1.807, 2.05) is 19.1 Å². The zero-order valence-corrected chi connectivity index (χ0v) is 9.15. The molecule has 15 heavy (non-hydrogen) atoms. The van der Waals surface area contributed by atoms with Crippen molar-refractivity contribution in [3.8, 4) is 0 Å². The molecule has 2 fully saturated rings. The minimum absolute atomic E-state index is 0.144. The zero-order chi connectivity index (χ0) is 10.8. The molecule has 0 aliphatic heterocycles. The molecule has 0 aromatic carbocycles. The molecule has 2 aliphatic rings. The fourth-order valence-corrected chi connectivity index (χ4v) is 3.26. The van der Waals surface area contributed by atoms with Crippen LogP contribution < -0.4 is 5.32 Å². The maximum Gasteiger partial charge on any atom is 0.308 e. The molecule has 0 aromatic rings. The molecule has 0 amide bonds. The van der Waals surface area contributed by atoms with Crippen molar-refractivity contribution in [1.29, 1.82) is 0 Å². The van der Waals surface area contributed by atoms with E-state index in [0.717, 1.165) is 19.4 Å². The van der Waals surface area contributed by atoms with Crippen LogP contribution in [0.5, 0.6) is 0 Å². The van der Waals surface area contributed by atoms with E-state index in [9.17, 15) is 9.90 Å². The van der Waals surface area contributed by atoms with Gasteiger partial charge in [0.2, 0.25) is 0 Å². The third-order valence-electron chi connectivity index (χ3n) is 3.91. The molecule has 0 spiro atoms. The van der Waals surface area contributed by atoms with E-state index < -0.39 is 5.97 Å². The van der Waals surface area contributed by atoms with Crippen LogP contribution in [0, 0.1) is 17.8 Å². The van der Waals surface area contributed by atoms with Gasteiger partial charge in [0.15, 0.2) is 0 Å². The fourth-order valence-electron chi connectivity index (χ4n) is 3.26. The monoisotopic (exact) mass is 209 g/mol. The lowest BCUT2D eigenvalue weighted by Crippen LogP contribution is -2.44. The second-order valence-corrected chi connectivity index (χ2v) is 4.70. The van der Waals surface area contributed by atoms with Crippen molar-refractivity contribution in [3.05, 3.63) is 12.2 Å². The molecular formula is C12H19NO2. The van der Waals surface area contributed by atoms with Gasteiger partial charge in [-0.1, -0.05) is 12.2 Å². The van der Waals surface area contributed by atoms with Crippen LogP contribution >= 0.6 is 0 Å². The molecule has 3 nitrogen and oxygen atoms in total. The molecule has 4 unspecified atom stereocenters. The van der Waals surface area contributed by atoms with Gasteiger partial charge in [-0.05, 0) is 38.0 Å². The standard InChI is InChI=1S/C12H19NO2/c1-2-3-6-13-11-9-5-4-8(7-9)10(11)12(14)15/h2-3,8-11,13H,4-7H2,1H3,(H,14,15). The lowest BCUT2D eigenvalue weighted by atomic mass is 9.84. The van der Waals surface area contributed by atoms with E-state index in [1.54, 1.807) is 0 Å². The normalized spacial score (nSPS) is 39.0. The lowest BCUT2D eigenvalue weighted by molar-refractivity contribution is -0.144. The molecule has 0 radical (unpaired) electrons. The Labute approximate surface area is 90.6 Å². The van der Waals surface area contributed by atoms with E-state index in [4.69, 9.17) is 0 Å². The first-order valence-electron chi connectivity index (χ1n) is 5.81. The Balaban J connectivity index is 1.99. The van der Waals surface area contributed by atoms with Gasteiger partial charge >= 0.3 is 5.97 Å². The molecule has 0 saturated heterocycles. The summed E-state index contributed by atoms with van der Waals surface area (Å²) in [6.07, 6.45) is 7.48. The van der Waals surface area contributed by atoms with Gasteiger partial charge in [-0.2, -0.15) is 0 Å². The van der Waals surface area contributed by atoms with Crippen molar-refractivity contribution in [3.63, 3.8) is 0 Å². The van der Waals surface area contributed by atoms with Crippen LogP contribution in [-0.4, -0.2) is 23.7 Å². The van der Waals surface area contributed by atoms with Crippen LogP contribution in [-0.2, 0) is 4.79 Å². The highest BCUT2D eigenvalue weighted by Gasteiger charge is 2.50. The Hall–Kier alpha value is -0.830. The van der Waals surface area contributed by atoms with Crippen molar-refractivity contribution < 1.29 is 9.90 Å². The molecule has 2 rings (SSSR count). The minimum Gasteiger partial charge on any atom is -0.481 e. The number of aliphatic carboxylic acids is 1. The van der Waals surface area contributed by atoms with Crippen molar-refractivity contribution in [2.45, 2.75) is 32.2 Å². The molecule has 2 N–H and O–H groups in total. The van der Waals surface area contributed by atoms with Gasteiger partial charge in [0, 0.05) is 12.6 Å². The first-order chi connectivity index (χ1) is 7.24. The highest BCUT2D eigenvalue weighted by molar-refractivity contribution is 5.72. The number of nitrogens with one attached hydrogen (secondary N) is 1. The average Bonchev–Trinajstić information content (AvgIpc) is 2.77. The molecule has 3 heteroatoms. The Morgan fingerprint density at radius 3 is 2.87 bits per heavy atom. The predicted molar refractivity (Wildman–Crippen MR) is 58.6 cm³/mol. The van der Waals surface area contributed by atoms with Crippen LogP contribution in [0.3, 0.4) is 0 Å². The summed E-state index contributed by atoms with van der Waals surface area (Å²) in [5, 5.41) is 12.6. The highest BCUT2D eigenvalue weighted by atomic mass is 16.4. The highest BCUT2D eigenvalue weighted by Crippen LogP contribution is 2.48. The third kappa shape index (κ3) is 1.93. The number of allylic oxidation sites excluding steroid dienone is 1. The zero-order valence-electron chi connectivity index (χ0n) is 9.15. The molecule has 0 heterocycles. The first kappa shape index (κ1) is 10.7. The van der Waals surface area contributed by atoms with Crippen LogP contribution in [0.2, 0.25) is 0 Å². The van der Waals surface area contributed by atoms with Crippen molar-refractivity contribution in [1.82, 2.24) is 5.32 Å². The Kier molecular flexibility index (Phi) is 3.10. The quantitative estimate of drug-likeness (QED) is 0.692. The van der Waals surface area contributed by atoms with Crippen molar-refractivity contribution in [2.24, 2.45) is 17.8 Å². The van der Waals surface area contributed by atoms with E-state index in [2.05, 4.69) is 5.32 Å². The SMILES string of the molecule is CC=CCNC1C2CCC(C2)C1C(=O)O. The summed E-state index contributed by atoms with van der Waals surface area (Å²) in [5.74, 6) is 0.270. The van der Waals surface area contributed by atoms with Gasteiger partial charge in [0.25, 0.3) is 0 Å². The average molecular weight is 209 g/mol. The van der Waals surface area contributed by atoms with Gasteiger partial charge in [-0.15, -0.1) is 0 Å². The minimum atomic E-state index is -0.611. The van der Waals surface area contributed by atoms with Gasteiger partial charge in [-0.25, -0.2) is 0 Å². The summed E-state index contributed by atoms with van der Waals surface area (Å²) < 4.78 is 0. The molecular weight excluding hydrogens is 190 g/mol. The Morgan fingerprint density at radius 2 is 2.20 bits per heavy atom. The number of hydrogen-bond acceptors (Lipinski definition) is 2. The van der Waals surface area contributed by atoms with E-state index in [-0.39, 0.29) is 12.0 Å². The smallest absolute Gasteiger partial charge is 0.308 e. The number of rotatable bonds is 4. The number of carbonyl (C=O) groups is 1. The second kappa shape index (κ2) is 4.35. The number of carboxylic acids is 1. The summed E-state index contributed by atoms with van der Waals surface area (Å²) >= 11 is 0. The second-order valence-electron chi connectivity index (χ2n) is 4.70. The molecule has 84 valence electrons. The summed E-state index contributed by atoms with van der Waals surface area (Å²) in [5.41, 5.74) is 0. The lowest BCUT2D eigenvalue weighted by Gasteiger charge is -2.28. The molecule has 2 bridgehead atoms. The molecule has 2 saturated carbocycles. The molecule has 0 aromatic heterocycles. The van der Waals surface area contributed by atoms with Gasteiger partial charge in [0.05, 0.1) is 5.92 Å². The van der Waals surface area contributed by atoms with E-state index in [1.165, 1.54) is 6.42 Å². The third-order valence-corrected chi connectivity index (χ3v) is 3.91. The van der Waals surface area contributed by atoms with E-state index >= 15 is 0 Å². The molecule has 4 atom stereocenters. The molecule has 2 aliphatic carbocycles. The Bertz CT molecular complexity index is 275. The van der Waals surface area contributed by atoms with Crippen molar-refractivity contribution in [2.75, 3.05) is 6.54 Å². The topological polar surface area (TPSA) is 49.3 Å². The summed E-state index contributed by atoms with van der Waals surface area (Å²) in [7, 11) is 0. The summed E-state index contributed by atoms with van der Waals surface area (Å²) in [6.45, 7) is 2.78. The maximum atomic E-state index is 11.2. The van der Waals surface area contributed by atoms with Gasteiger partial charge in [0.1, 0.15) is 0 Å². The number of carboxylic acid groups (broad SMARTS) is 1. The summed E-state index contributed by atoms with van der Waals surface area (Å²) in [4.78, 5) is 11.2. The van der Waals surface area contributed by atoms with Gasteiger partial charge < -0.3 is 10.4 Å². The maximum absolute atomic E-state index is 11.2. The Morgan fingerprint density at radius 1 is 1.47 bits per heavy atom. The van der Waals surface area contributed by atoms with Crippen LogP contribution in [0.1, 0.15) is 26.2 Å². The predicted octanol–water partition coefficient (Wildman–Crippen LogP) is 1.65.